The Balaban J connectivity index is 2.04. The Morgan fingerprint density at radius 1 is 1.22 bits per heavy atom. The van der Waals surface area contributed by atoms with E-state index in [1.807, 2.05) is 37.3 Å². The van der Waals surface area contributed by atoms with Crippen LogP contribution in [0.15, 0.2) is 30.3 Å². The minimum absolute atomic E-state index is 0.0418. The molecule has 1 N–H and O–H groups in total. The van der Waals surface area contributed by atoms with Gasteiger partial charge in [0, 0.05) is 12.8 Å². The third-order valence-electron chi connectivity index (χ3n) is 2.89. The van der Waals surface area contributed by atoms with Crippen molar-refractivity contribution in [2.24, 2.45) is 0 Å². The lowest BCUT2D eigenvalue weighted by Crippen LogP contribution is -2.43. The summed E-state index contributed by atoms with van der Waals surface area (Å²) in [5.41, 5.74) is 1.05. The highest BCUT2D eigenvalue weighted by Crippen LogP contribution is 2.15. The highest BCUT2D eigenvalue weighted by molar-refractivity contribution is 7.80. The van der Waals surface area contributed by atoms with Crippen molar-refractivity contribution in [1.29, 1.82) is 0 Å². The van der Waals surface area contributed by atoms with Gasteiger partial charge in [0.25, 0.3) is 0 Å². The predicted molar refractivity (Wildman–Crippen MR) is 71.7 cm³/mol. The molecule has 1 aliphatic heterocycles. The Bertz CT molecular complexity index is 471. The molecule has 4 nitrogen and oxygen atoms in total. The van der Waals surface area contributed by atoms with Crippen LogP contribution in [0.3, 0.4) is 0 Å². The summed E-state index contributed by atoms with van der Waals surface area (Å²) in [6.45, 7) is 1.94. The van der Waals surface area contributed by atoms with Gasteiger partial charge in [0.15, 0.2) is 5.11 Å². The predicted octanol–water partition coefficient (Wildman–Crippen LogP) is 1.77. The molecule has 0 unspecified atom stereocenters. The van der Waals surface area contributed by atoms with E-state index in [2.05, 4.69) is 5.32 Å². The van der Waals surface area contributed by atoms with Crippen molar-refractivity contribution < 1.29 is 9.59 Å². The molecule has 0 radical (unpaired) electrons. The van der Waals surface area contributed by atoms with Gasteiger partial charge in [-0.3, -0.25) is 9.59 Å². The number of hydrogen-bond acceptors (Lipinski definition) is 3. The van der Waals surface area contributed by atoms with E-state index in [9.17, 15) is 9.59 Å². The van der Waals surface area contributed by atoms with Crippen LogP contribution in [0, 0.1) is 0 Å². The Morgan fingerprint density at radius 2 is 1.78 bits per heavy atom. The van der Waals surface area contributed by atoms with Crippen molar-refractivity contribution in [1.82, 2.24) is 10.2 Å². The number of thiocarbonyl (C=S) groups is 1. The fourth-order valence-electron chi connectivity index (χ4n) is 1.88. The molecule has 2 rings (SSSR count). The number of benzene rings is 1. The molecule has 1 heterocycles. The second-order valence-corrected chi connectivity index (χ2v) is 4.59. The maximum Gasteiger partial charge on any atom is 0.236 e. The number of amides is 2. The molecule has 1 fully saturated rings. The van der Waals surface area contributed by atoms with Gasteiger partial charge in [0.2, 0.25) is 11.8 Å². The van der Waals surface area contributed by atoms with E-state index < -0.39 is 0 Å². The fraction of sp³-hybridized carbons (Fsp3) is 0.308. The molecule has 0 spiro atoms. The second-order valence-electron chi connectivity index (χ2n) is 4.20. The molecule has 1 atom stereocenters. The van der Waals surface area contributed by atoms with Crippen LogP contribution in [0.25, 0.3) is 0 Å². The summed E-state index contributed by atoms with van der Waals surface area (Å²) < 4.78 is 0. The van der Waals surface area contributed by atoms with Gasteiger partial charge in [-0.1, -0.05) is 30.3 Å². The summed E-state index contributed by atoms with van der Waals surface area (Å²) in [7, 11) is 0. The first-order valence-corrected chi connectivity index (χ1v) is 6.21. The first kappa shape index (κ1) is 12.7. The number of likely N-dealkylation sites (tertiary alicyclic amines) is 1. The molecule has 2 amide bonds. The number of carbonyl (C=O) groups excluding carboxylic acids is 2. The zero-order chi connectivity index (χ0) is 13.1. The Hall–Kier alpha value is -1.75. The van der Waals surface area contributed by atoms with Crippen LogP contribution in [0.2, 0.25) is 0 Å². The van der Waals surface area contributed by atoms with Gasteiger partial charge in [0.1, 0.15) is 0 Å². The van der Waals surface area contributed by atoms with E-state index in [0.717, 1.165) is 10.5 Å². The van der Waals surface area contributed by atoms with Crippen molar-refractivity contribution in [3.8, 4) is 0 Å². The van der Waals surface area contributed by atoms with Crippen molar-refractivity contribution >= 4 is 29.1 Å². The Kier molecular flexibility index (Phi) is 3.72. The highest BCUT2D eigenvalue weighted by atomic mass is 32.1. The number of nitrogens with one attached hydrogen (secondary N) is 1. The summed E-state index contributed by atoms with van der Waals surface area (Å²) in [5, 5.41) is 3.21. The smallest absolute Gasteiger partial charge is 0.236 e. The van der Waals surface area contributed by atoms with Gasteiger partial charge in [-0.25, -0.2) is 4.90 Å². The van der Waals surface area contributed by atoms with Gasteiger partial charge < -0.3 is 5.32 Å². The van der Waals surface area contributed by atoms with Gasteiger partial charge in [-0.15, -0.1) is 0 Å². The van der Waals surface area contributed by atoms with E-state index >= 15 is 0 Å². The molecule has 0 saturated carbocycles. The number of imide groups is 1. The standard InChI is InChI=1S/C13H14N2O2S/c1-9(10-5-3-2-4-6-10)14-13(18)15-11(16)7-8-12(15)17/h2-6,9H,7-8H2,1H3,(H,14,18)/t9-/m0/s1. The zero-order valence-corrected chi connectivity index (χ0v) is 10.9. The van der Waals surface area contributed by atoms with E-state index in [-0.39, 0.29) is 35.8 Å². The third kappa shape index (κ3) is 2.56. The average Bonchev–Trinajstić information content (AvgIpc) is 2.70. The molecule has 1 aromatic carbocycles. The summed E-state index contributed by atoms with van der Waals surface area (Å²) >= 11 is 5.12. The number of carbonyl (C=O) groups is 2. The summed E-state index contributed by atoms with van der Waals surface area (Å²) in [6, 6.07) is 9.69. The lowest BCUT2D eigenvalue weighted by Gasteiger charge is -2.21. The van der Waals surface area contributed by atoms with E-state index in [1.165, 1.54) is 0 Å². The van der Waals surface area contributed by atoms with Crippen LogP contribution in [-0.4, -0.2) is 21.8 Å². The maximum absolute atomic E-state index is 11.5. The highest BCUT2D eigenvalue weighted by Gasteiger charge is 2.32. The zero-order valence-electron chi connectivity index (χ0n) is 10.1. The molecular formula is C13H14N2O2S. The van der Waals surface area contributed by atoms with Crippen LogP contribution >= 0.6 is 12.2 Å². The lowest BCUT2D eigenvalue weighted by molar-refractivity contribution is -0.133. The van der Waals surface area contributed by atoms with Gasteiger partial charge in [-0.05, 0) is 24.7 Å². The maximum atomic E-state index is 11.5. The minimum Gasteiger partial charge on any atom is -0.355 e. The first-order valence-electron chi connectivity index (χ1n) is 5.81. The van der Waals surface area contributed by atoms with Crippen molar-refractivity contribution in [3.63, 3.8) is 0 Å². The monoisotopic (exact) mass is 262 g/mol. The van der Waals surface area contributed by atoms with Crippen molar-refractivity contribution in [2.75, 3.05) is 0 Å². The molecular weight excluding hydrogens is 248 g/mol. The summed E-state index contributed by atoms with van der Waals surface area (Å²) in [6.07, 6.45) is 0.501. The molecule has 0 bridgehead atoms. The topological polar surface area (TPSA) is 49.4 Å². The molecule has 1 aromatic rings. The average molecular weight is 262 g/mol. The van der Waals surface area contributed by atoms with E-state index in [4.69, 9.17) is 12.2 Å². The van der Waals surface area contributed by atoms with Gasteiger partial charge in [0.05, 0.1) is 6.04 Å². The van der Waals surface area contributed by atoms with Crippen LogP contribution in [0.4, 0.5) is 0 Å². The molecule has 0 aromatic heterocycles. The number of nitrogens with zero attached hydrogens (tertiary/aromatic N) is 1. The SMILES string of the molecule is C[C@H](NC(=S)N1C(=O)CCC1=O)c1ccccc1. The molecule has 1 saturated heterocycles. The molecule has 5 heteroatoms. The van der Waals surface area contributed by atoms with Crippen LogP contribution in [-0.2, 0) is 9.59 Å². The quantitative estimate of drug-likeness (QED) is 0.652. The summed E-state index contributed by atoms with van der Waals surface area (Å²) in [5.74, 6) is -0.449. The lowest BCUT2D eigenvalue weighted by atomic mass is 10.1. The van der Waals surface area contributed by atoms with Gasteiger partial charge in [-0.2, -0.15) is 0 Å². The van der Waals surface area contributed by atoms with E-state index in [0.29, 0.717) is 0 Å². The van der Waals surface area contributed by atoms with Crippen LogP contribution in [0.1, 0.15) is 31.4 Å². The second kappa shape index (κ2) is 5.27. The fourth-order valence-corrected chi connectivity index (χ4v) is 2.26. The first-order chi connectivity index (χ1) is 8.59. The summed E-state index contributed by atoms with van der Waals surface area (Å²) in [4.78, 5) is 24.1. The number of rotatable bonds is 2. The van der Waals surface area contributed by atoms with Crippen LogP contribution < -0.4 is 5.32 Å². The molecule has 0 aliphatic carbocycles. The van der Waals surface area contributed by atoms with Gasteiger partial charge >= 0.3 is 0 Å². The van der Waals surface area contributed by atoms with Crippen molar-refractivity contribution in [3.05, 3.63) is 35.9 Å². The minimum atomic E-state index is -0.224. The largest absolute Gasteiger partial charge is 0.355 e. The Labute approximate surface area is 111 Å². The third-order valence-corrected chi connectivity index (χ3v) is 3.19. The molecule has 18 heavy (non-hydrogen) atoms. The molecule has 1 aliphatic rings. The Morgan fingerprint density at radius 3 is 2.33 bits per heavy atom. The van der Waals surface area contributed by atoms with Crippen LogP contribution in [0.5, 0.6) is 0 Å². The number of hydrogen-bond donors (Lipinski definition) is 1. The normalized spacial score (nSPS) is 16.8. The van der Waals surface area contributed by atoms with Crippen molar-refractivity contribution in [2.45, 2.75) is 25.8 Å². The van der Waals surface area contributed by atoms with E-state index in [1.54, 1.807) is 0 Å². The molecule has 94 valence electrons.